The summed E-state index contributed by atoms with van der Waals surface area (Å²) in [5.41, 5.74) is 5.19. The maximum atomic E-state index is 10.8. The summed E-state index contributed by atoms with van der Waals surface area (Å²) in [5, 5.41) is 3.50. The monoisotopic (exact) mass is 259 g/mol. The third-order valence-corrected chi connectivity index (χ3v) is 3.34. The Morgan fingerprint density at radius 2 is 1.94 bits per heavy atom. The quantitative estimate of drug-likeness (QED) is 0.605. The van der Waals surface area contributed by atoms with Gasteiger partial charge in [-0.2, -0.15) is 0 Å². The van der Waals surface area contributed by atoms with E-state index in [1.807, 2.05) is 6.92 Å². The number of hydrogen-bond acceptors (Lipinski definition) is 5. The lowest BCUT2D eigenvalue weighted by atomic mass is 10.0. The summed E-state index contributed by atoms with van der Waals surface area (Å²) >= 11 is 0. The van der Waals surface area contributed by atoms with Gasteiger partial charge in [-0.3, -0.25) is 9.69 Å². The Hall–Kier alpha value is -0.690. The summed E-state index contributed by atoms with van der Waals surface area (Å²) in [6.45, 7) is 4.21. The van der Waals surface area contributed by atoms with Gasteiger partial charge in [-0.1, -0.05) is 0 Å². The number of likely N-dealkylation sites (tertiary alicyclic amines) is 1. The number of piperidine rings is 1. The summed E-state index contributed by atoms with van der Waals surface area (Å²) in [6, 6.07) is 0.588. The topological polar surface area (TPSA) is 76.8 Å². The van der Waals surface area contributed by atoms with E-state index >= 15 is 0 Å². The first kappa shape index (κ1) is 15.4. The summed E-state index contributed by atoms with van der Waals surface area (Å²) in [6.07, 6.45) is 1.80. The van der Waals surface area contributed by atoms with Crippen LogP contribution in [0.25, 0.3) is 0 Å². The molecule has 6 nitrogen and oxygen atoms in total. The van der Waals surface area contributed by atoms with E-state index in [0.717, 1.165) is 25.9 Å². The molecular weight excluding hydrogens is 234 g/mol. The SMILES string of the molecule is COC(OC)C(C)NC1CCN(CC(N)=O)CC1. The first-order valence-corrected chi connectivity index (χ1v) is 6.39. The summed E-state index contributed by atoms with van der Waals surface area (Å²) in [5.74, 6) is -0.256. The zero-order chi connectivity index (χ0) is 13.5. The molecule has 1 saturated heterocycles. The van der Waals surface area contributed by atoms with Gasteiger partial charge in [0.25, 0.3) is 0 Å². The molecule has 106 valence electrons. The van der Waals surface area contributed by atoms with E-state index in [-0.39, 0.29) is 18.2 Å². The third kappa shape index (κ3) is 4.89. The Bertz CT molecular complexity index is 251. The molecule has 0 aromatic heterocycles. The van der Waals surface area contributed by atoms with Crippen molar-refractivity contribution in [1.82, 2.24) is 10.2 Å². The fourth-order valence-electron chi connectivity index (χ4n) is 2.43. The molecule has 3 N–H and O–H groups in total. The lowest BCUT2D eigenvalue weighted by molar-refractivity contribution is -0.122. The maximum Gasteiger partial charge on any atom is 0.231 e. The normalized spacial score (nSPS) is 20.2. The standard InChI is InChI=1S/C12H25N3O3/c1-9(12(17-2)18-3)14-10-4-6-15(7-5-10)8-11(13)16/h9-10,12,14H,4-8H2,1-3H3,(H2,13,16). The average molecular weight is 259 g/mol. The van der Waals surface area contributed by atoms with Crippen LogP contribution in [-0.2, 0) is 14.3 Å². The van der Waals surface area contributed by atoms with Gasteiger partial charge >= 0.3 is 0 Å². The van der Waals surface area contributed by atoms with Gasteiger partial charge in [-0.15, -0.1) is 0 Å². The van der Waals surface area contributed by atoms with Crippen molar-refractivity contribution in [3.05, 3.63) is 0 Å². The number of ether oxygens (including phenoxy) is 2. The number of carbonyl (C=O) groups excluding carboxylic acids is 1. The Morgan fingerprint density at radius 3 is 2.39 bits per heavy atom. The second-order valence-corrected chi connectivity index (χ2v) is 4.81. The minimum Gasteiger partial charge on any atom is -0.369 e. The molecular formula is C12H25N3O3. The third-order valence-electron chi connectivity index (χ3n) is 3.34. The van der Waals surface area contributed by atoms with Gasteiger partial charge in [0.2, 0.25) is 5.91 Å². The van der Waals surface area contributed by atoms with Crippen LogP contribution in [0.1, 0.15) is 19.8 Å². The molecule has 1 rings (SSSR count). The van der Waals surface area contributed by atoms with Crippen LogP contribution in [0.3, 0.4) is 0 Å². The molecule has 1 fully saturated rings. The highest BCUT2D eigenvalue weighted by molar-refractivity contribution is 5.75. The Labute approximate surface area is 109 Å². The van der Waals surface area contributed by atoms with Crippen molar-refractivity contribution in [3.8, 4) is 0 Å². The van der Waals surface area contributed by atoms with E-state index in [1.165, 1.54) is 0 Å². The number of nitrogens with one attached hydrogen (secondary N) is 1. The summed E-state index contributed by atoms with van der Waals surface area (Å²) < 4.78 is 10.4. The number of nitrogens with zero attached hydrogens (tertiary/aromatic N) is 1. The van der Waals surface area contributed by atoms with Gasteiger partial charge in [0.15, 0.2) is 6.29 Å². The highest BCUT2D eigenvalue weighted by atomic mass is 16.7. The van der Waals surface area contributed by atoms with Crippen LogP contribution in [0, 0.1) is 0 Å². The minimum atomic E-state index is -0.256. The molecule has 0 radical (unpaired) electrons. The van der Waals surface area contributed by atoms with Crippen LogP contribution >= 0.6 is 0 Å². The molecule has 1 amide bonds. The molecule has 0 aromatic rings. The first-order chi connectivity index (χ1) is 8.56. The van der Waals surface area contributed by atoms with Crippen molar-refractivity contribution in [3.63, 3.8) is 0 Å². The van der Waals surface area contributed by atoms with Gasteiger partial charge in [-0.25, -0.2) is 0 Å². The van der Waals surface area contributed by atoms with Crippen LogP contribution in [0.2, 0.25) is 0 Å². The van der Waals surface area contributed by atoms with Crippen molar-refractivity contribution in [2.75, 3.05) is 33.9 Å². The number of rotatable bonds is 7. The minimum absolute atomic E-state index is 0.146. The van der Waals surface area contributed by atoms with Gasteiger partial charge in [0.1, 0.15) is 0 Å². The number of hydrogen-bond donors (Lipinski definition) is 2. The molecule has 1 unspecified atom stereocenters. The lowest BCUT2D eigenvalue weighted by Gasteiger charge is -2.34. The van der Waals surface area contributed by atoms with Crippen LogP contribution in [-0.4, -0.2) is 63.0 Å². The van der Waals surface area contributed by atoms with Crippen molar-refractivity contribution in [1.29, 1.82) is 0 Å². The Balaban J connectivity index is 2.28. The van der Waals surface area contributed by atoms with E-state index in [9.17, 15) is 4.79 Å². The van der Waals surface area contributed by atoms with Crippen molar-refractivity contribution < 1.29 is 14.3 Å². The van der Waals surface area contributed by atoms with E-state index in [0.29, 0.717) is 12.6 Å². The average Bonchev–Trinajstić information content (AvgIpc) is 2.32. The van der Waals surface area contributed by atoms with E-state index in [4.69, 9.17) is 15.2 Å². The fourth-order valence-corrected chi connectivity index (χ4v) is 2.43. The molecule has 0 aliphatic carbocycles. The Kier molecular flexibility index (Phi) is 6.56. The molecule has 1 aliphatic rings. The van der Waals surface area contributed by atoms with E-state index in [1.54, 1.807) is 14.2 Å². The Morgan fingerprint density at radius 1 is 1.39 bits per heavy atom. The largest absolute Gasteiger partial charge is 0.369 e. The molecule has 1 heterocycles. The number of primary amides is 1. The van der Waals surface area contributed by atoms with Crippen LogP contribution in [0.15, 0.2) is 0 Å². The van der Waals surface area contributed by atoms with Gasteiger partial charge in [0.05, 0.1) is 12.6 Å². The van der Waals surface area contributed by atoms with Crippen molar-refractivity contribution >= 4 is 5.91 Å². The number of methoxy groups -OCH3 is 2. The second kappa shape index (κ2) is 7.68. The van der Waals surface area contributed by atoms with E-state index < -0.39 is 0 Å². The van der Waals surface area contributed by atoms with Crippen molar-refractivity contribution in [2.45, 2.75) is 38.1 Å². The molecule has 18 heavy (non-hydrogen) atoms. The van der Waals surface area contributed by atoms with Gasteiger partial charge in [-0.05, 0) is 19.8 Å². The lowest BCUT2D eigenvalue weighted by Crippen LogP contribution is -2.50. The molecule has 0 saturated carbocycles. The first-order valence-electron chi connectivity index (χ1n) is 6.39. The molecule has 6 heteroatoms. The van der Waals surface area contributed by atoms with Crippen LogP contribution < -0.4 is 11.1 Å². The number of nitrogens with two attached hydrogens (primary N) is 1. The number of amides is 1. The van der Waals surface area contributed by atoms with Crippen LogP contribution in [0.4, 0.5) is 0 Å². The fraction of sp³-hybridized carbons (Fsp3) is 0.917. The highest BCUT2D eigenvalue weighted by Gasteiger charge is 2.24. The highest BCUT2D eigenvalue weighted by Crippen LogP contribution is 2.12. The van der Waals surface area contributed by atoms with E-state index in [2.05, 4.69) is 10.2 Å². The molecule has 0 spiro atoms. The summed E-state index contributed by atoms with van der Waals surface area (Å²) in [4.78, 5) is 12.9. The van der Waals surface area contributed by atoms with Gasteiger partial charge in [0, 0.05) is 33.4 Å². The predicted octanol–water partition coefficient (Wildman–Crippen LogP) is -0.467. The zero-order valence-corrected chi connectivity index (χ0v) is 11.5. The molecule has 0 bridgehead atoms. The molecule has 1 atom stereocenters. The van der Waals surface area contributed by atoms with Crippen LogP contribution in [0.5, 0.6) is 0 Å². The predicted molar refractivity (Wildman–Crippen MR) is 69.1 cm³/mol. The smallest absolute Gasteiger partial charge is 0.231 e. The number of carbonyl (C=O) groups is 1. The second-order valence-electron chi connectivity index (χ2n) is 4.81. The van der Waals surface area contributed by atoms with Gasteiger partial charge < -0.3 is 20.5 Å². The molecule has 0 aromatic carbocycles. The van der Waals surface area contributed by atoms with Crippen molar-refractivity contribution in [2.24, 2.45) is 5.73 Å². The molecule has 1 aliphatic heterocycles. The zero-order valence-electron chi connectivity index (χ0n) is 11.5. The summed E-state index contributed by atoms with van der Waals surface area (Å²) in [7, 11) is 3.28. The maximum absolute atomic E-state index is 10.8.